The number of para-hydroxylation sites is 2. The van der Waals surface area contributed by atoms with Crippen molar-refractivity contribution in [2.24, 2.45) is 5.92 Å². The van der Waals surface area contributed by atoms with Crippen molar-refractivity contribution in [3.8, 4) is 0 Å². The molecule has 9 N–H and O–H groups in total. The summed E-state index contributed by atoms with van der Waals surface area (Å²) >= 11 is 0. The van der Waals surface area contributed by atoms with Crippen molar-refractivity contribution in [2.45, 2.75) is 60.4 Å². The molecule has 1 atom stereocenters. The summed E-state index contributed by atoms with van der Waals surface area (Å²) in [6, 6.07) is 14.6. The molecule has 0 bridgehead atoms. The van der Waals surface area contributed by atoms with E-state index in [0.29, 0.717) is 6.42 Å². The molecule has 18 heteroatoms. The molecule has 5 aromatic rings. The quantitative estimate of drug-likeness (QED) is 0.129. The van der Waals surface area contributed by atoms with Crippen LogP contribution >= 0.6 is 0 Å². The lowest BCUT2D eigenvalue weighted by atomic mass is 10.0. The lowest BCUT2D eigenvalue weighted by Crippen LogP contribution is -2.53. The first-order valence-electron chi connectivity index (χ1n) is 20.1. The van der Waals surface area contributed by atoms with Crippen LogP contribution in [0.15, 0.2) is 73.4 Å². The van der Waals surface area contributed by atoms with Gasteiger partial charge in [-0.3, -0.25) is 33.6 Å². The normalized spacial score (nSPS) is 16.1. The third kappa shape index (κ3) is 17.8. The van der Waals surface area contributed by atoms with Crippen molar-refractivity contribution >= 4 is 63.2 Å². The van der Waals surface area contributed by atoms with Gasteiger partial charge < -0.3 is 51.8 Å². The smallest absolute Gasteiger partial charge is 0.243 e. The number of fused-ring (bicyclic) bond motifs is 2. The van der Waals surface area contributed by atoms with E-state index in [2.05, 4.69) is 97.7 Å². The van der Waals surface area contributed by atoms with Crippen molar-refractivity contribution in [1.29, 1.82) is 0 Å². The number of aromatic nitrogens is 4. The van der Waals surface area contributed by atoms with E-state index in [-0.39, 0.29) is 19.5 Å². The van der Waals surface area contributed by atoms with Gasteiger partial charge >= 0.3 is 0 Å². The maximum Gasteiger partial charge on any atom is 0.243 e. The Bertz CT molecular complexity index is 2190. The van der Waals surface area contributed by atoms with E-state index in [1.54, 1.807) is 18.7 Å². The monoisotopic (exact) mass is 841 g/mol. The molecule has 18 nitrogen and oxygen atoms in total. The lowest BCUT2D eigenvalue weighted by Gasteiger charge is -2.23. The van der Waals surface area contributed by atoms with Gasteiger partial charge in [-0.1, -0.05) is 64.1 Å². The number of carbonyl (C=O) groups is 7. The van der Waals surface area contributed by atoms with Gasteiger partial charge in [-0.2, -0.15) is 0 Å². The Morgan fingerprint density at radius 2 is 1.18 bits per heavy atom. The number of nitrogens with zero attached hydrogens (tertiary/aromatic N) is 2. The summed E-state index contributed by atoms with van der Waals surface area (Å²) in [4.78, 5) is 101. The molecule has 0 unspecified atom stereocenters. The van der Waals surface area contributed by atoms with E-state index in [0.717, 1.165) is 28.1 Å². The number of benzene rings is 2. The SMILES string of the molecule is CC(C)C.CCCN1CC(=O)NCC(=O)NCC(=O)NCC(=O)NCC(=O)N[C@@H](Cc2c[nH]c3ccccc23)C(=O)NCC1=O.Cc1c[nH]c2ccccc12.Cc1cnc[nH]1. The van der Waals surface area contributed by atoms with Crippen molar-refractivity contribution in [2.75, 3.05) is 45.8 Å². The Balaban J connectivity index is 0.000000398. The average molecular weight is 842 g/mol. The maximum atomic E-state index is 13.2. The molecular formula is C43H59N11O7. The van der Waals surface area contributed by atoms with Crippen LogP contribution in [0.25, 0.3) is 21.8 Å². The van der Waals surface area contributed by atoms with Gasteiger partial charge in [0.15, 0.2) is 0 Å². The number of rotatable bonds is 4. The minimum absolute atomic E-state index is 0.0852. The fraction of sp³-hybridized carbons (Fsp3) is 0.395. The molecule has 1 aliphatic heterocycles. The van der Waals surface area contributed by atoms with E-state index in [4.69, 9.17) is 0 Å². The van der Waals surface area contributed by atoms with Crippen molar-refractivity contribution < 1.29 is 33.6 Å². The number of amides is 7. The molecular weight excluding hydrogens is 783 g/mol. The van der Waals surface area contributed by atoms with Crippen LogP contribution in [0.2, 0.25) is 0 Å². The number of hydrogen-bond acceptors (Lipinski definition) is 8. The van der Waals surface area contributed by atoms with E-state index in [9.17, 15) is 33.6 Å². The van der Waals surface area contributed by atoms with Gasteiger partial charge in [-0.15, -0.1) is 0 Å². The van der Waals surface area contributed by atoms with Gasteiger partial charge in [0.25, 0.3) is 0 Å². The van der Waals surface area contributed by atoms with E-state index in [1.165, 1.54) is 21.4 Å². The summed E-state index contributed by atoms with van der Waals surface area (Å²) in [6.45, 7) is 10.0. The zero-order valence-electron chi connectivity index (χ0n) is 35.7. The van der Waals surface area contributed by atoms with Gasteiger partial charge in [0.2, 0.25) is 41.4 Å². The van der Waals surface area contributed by atoms with Crippen LogP contribution < -0.4 is 31.9 Å². The van der Waals surface area contributed by atoms with Crippen molar-refractivity contribution in [3.63, 3.8) is 0 Å². The first kappa shape index (κ1) is 48.4. The zero-order chi connectivity index (χ0) is 44.7. The van der Waals surface area contributed by atoms with Gasteiger partial charge in [0, 0.05) is 59.1 Å². The zero-order valence-corrected chi connectivity index (χ0v) is 35.7. The highest BCUT2D eigenvalue weighted by molar-refractivity contribution is 5.95. The summed E-state index contributed by atoms with van der Waals surface area (Å²) in [5.74, 6) is -3.60. The summed E-state index contributed by atoms with van der Waals surface area (Å²) < 4.78 is 0. The van der Waals surface area contributed by atoms with Crippen LogP contribution in [0.1, 0.15) is 50.9 Å². The second-order valence-corrected chi connectivity index (χ2v) is 14.8. The number of nitrogens with one attached hydrogen (secondary N) is 9. The molecule has 4 heterocycles. The lowest BCUT2D eigenvalue weighted by molar-refractivity contribution is -0.137. The van der Waals surface area contributed by atoms with Gasteiger partial charge in [-0.05, 0) is 49.4 Å². The van der Waals surface area contributed by atoms with E-state index in [1.807, 2.05) is 50.4 Å². The van der Waals surface area contributed by atoms with Crippen molar-refractivity contribution in [3.05, 3.63) is 90.3 Å². The Hall–Kier alpha value is -6.98. The van der Waals surface area contributed by atoms with Gasteiger partial charge in [0.05, 0.1) is 45.6 Å². The third-order valence-electron chi connectivity index (χ3n) is 8.56. The predicted molar refractivity (Wildman–Crippen MR) is 233 cm³/mol. The van der Waals surface area contributed by atoms with E-state index >= 15 is 0 Å². The van der Waals surface area contributed by atoms with E-state index < -0.39 is 80.1 Å². The van der Waals surface area contributed by atoms with Crippen LogP contribution in [0, 0.1) is 19.8 Å². The molecule has 1 fully saturated rings. The summed E-state index contributed by atoms with van der Waals surface area (Å²) in [7, 11) is 0. The fourth-order valence-electron chi connectivity index (χ4n) is 5.61. The van der Waals surface area contributed by atoms with Crippen LogP contribution in [0.5, 0.6) is 0 Å². The maximum absolute atomic E-state index is 13.2. The topological polar surface area (TPSA) is 255 Å². The molecule has 0 radical (unpaired) electrons. The summed E-state index contributed by atoms with van der Waals surface area (Å²) in [5.41, 5.74) is 5.23. The molecule has 0 aliphatic carbocycles. The van der Waals surface area contributed by atoms with Crippen LogP contribution in [-0.4, -0.2) is 118 Å². The summed E-state index contributed by atoms with van der Waals surface area (Å²) in [6.07, 6.45) is 7.82. The largest absolute Gasteiger partial charge is 0.361 e. The Morgan fingerprint density at radius 3 is 1.70 bits per heavy atom. The molecule has 0 spiro atoms. The van der Waals surface area contributed by atoms with Crippen LogP contribution in [-0.2, 0) is 40.0 Å². The molecule has 1 saturated heterocycles. The minimum Gasteiger partial charge on any atom is -0.361 e. The second kappa shape index (κ2) is 25.5. The molecule has 2 aromatic carbocycles. The third-order valence-corrected chi connectivity index (χ3v) is 8.56. The highest BCUT2D eigenvalue weighted by Crippen LogP contribution is 2.19. The number of aromatic amines is 3. The van der Waals surface area contributed by atoms with Crippen molar-refractivity contribution in [1.82, 2.24) is 56.7 Å². The molecule has 1 aliphatic rings. The highest BCUT2D eigenvalue weighted by Gasteiger charge is 2.25. The Kier molecular flexibility index (Phi) is 20.2. The molecule has 61 heavy (non-hydrogen) atoms. The standard InChI is InChI=1S/C26H34N8O7.C9H9N.C4H6N2.C4H10/c1-2-7-34-15-24(39)31-12-22(37)29-10-20(35)28-11-21(36)30-13-23(38)33-19(26(41)32-14-25(34)40)8-16-9-27-18-6-4-3-5-17(16)18;1-7-6-10-9-5-3-2-4-8(7)9;1-4-2-5-3-6-4;1-4(2)3/h3-6,9,19,27H,2,7-8,10-15H2,1H3,(H,28,35)(H,29,37)(H,30,36)(H,31,39)(H,32,41)(H,33,38);2-6,10H,1H3;2-3H,1H3,(H,5,6);4H,1-3H3/t19-;;;/m0.../s1. The molecule has 7 amide bonds. The predicted octanol–water partition coefficient (Wildman–Crippen LogP) is 1.89. The molecule has 6 rings (SSSR count). The Labute approximate surface area is 355 Å². The Morgan fingerprint density at radius 1 is 0.656 bits per heavy atom. The molecule has 328 valence electrons. The summed E-state index contributed by atoms with van der Waals surface area (Å²) in [5, 5.41) is 16.6. The fourth-order valence-corrected chi connectivity index (χ4v) is 5.61. The second-order valence-electron chi connectivity index (χ2n) is 14.8. The first-order valence-corrected chi connectivity index (χ1v) is 20.1. The van der Waals surface area contributed by atoms with Crippen LogP contribution in [0.3, 0.4) is 0 Å². The van der Waals surface area contributed by atoms with Crippen LogP contribution in [0.4, 0.5) is 0 Å². The number of aryl methyl sites for hydroxylation is 2. The van der Waals surface area contributed by atoms with Gasteiger partial charge in [-0.25, -0.2) is 4.98 Å². The molecule has 3 aromatic heterocycles. The average Bonchev–Trinajstić information content (AvgIpc) is 3.99. The first-order chi connectivity index (χ1) is 29.2. The number of hydrogen-bond donors (Lipinski definition) is 9. The number of H-pyrrole nitrogens is 3. The number of imidazole rings is 1. The molecule has 0 saturated carbocycles. The minimum atomic E-state index is -1.10. The highest BCUT2D eigenvalue weighted by atomic mass is 16.2. The van der Waals surface area contributed by atoms with Gasteiger partial charge in [0.1, 0.15) is 6.04 Å². The number of carbonyl (C=O) groups excluding carboxylic acids is 7.